The maximum Gasteiger partial charge on any atom is 0.203 e. The van der Waals surface area contributed by atoms with Crippen LogP contribution in [0.1, 0.15) is 18.9 Å². The topological polar surface area (TPSA) is 54.4 Å². The summed E-state index contributed by atoms with van der Waals surface area (Å²) in [6.07, 6.45) is 0.696. The summed E-state index contributed by atoms with van der Waals surface area (Å²) in [6, 6.07) is 4.94. The van der Waals surface area contributed by atoms with Gasteiger partial charge in [0.2, 0.25) is 5.75 Å². The van der Waals surface area contributed by atoms with Gasteiger partial charge in [-0.05, 0) is 31.0 Å². The van der Waals surface area contributed by atoms with Crippen molar-refractivity contribution in [2.45, 2.75) is 38.1 Å². The Kier molecular flexibility index (Phi) is 5.18. The first-order valence-electron chi connectivity index (χ1n) is 8.50. The van der Waals surface area contributed by atoms with Crippen molar-refractivity contribution in [1.82, 2.24) is 9.80 Å². The predicted octanol–water partition coefficient (Wildman–Crippen LogP) is 1.35. The number of piperazine rings is 1. The number of methoxy groups -OCH3 is 3. The number of aliphatic hydroxyl groups excluding tert-OH is 1. The van der Waals surface area contributed by atoms with E-state index in [4.69, 9.17) is 14.2 Å². The number of ether oxygens (including phenoxy) is 3. The minimum absolute atomic E-state index is 0.177. The van der Waals surface area contributed by atoms with Crippen molar-refractivity contribution in [3.05, 3.63) is 17.7 Å². The highest BCUT2D eigenvalue weighted by molar-refractivity contribution is 5.53. The van der Waals surface area contributed by atoms with Gasteiger partial charge in [0.05, 0.1) is 27.4 Å². The van der Waals surface area contributed by atoms with Gasteiger partial charge in [-0.1, -0.05) is 0 Å². The van der Waals surface area contributed by atoms with Gasteiger partial charge in [0, 0.05) is 38.3 Å². The van der Waals surface area contributed by atoms with Gasteiger partial charge >= 0.3 is 0 Å². The molecule has 2 heterocycles. The van der Waals surface area contributed by atoms with Crippen molar-refractivity contribution < 1.29 is 19.3 Å². The molecule has 1 unspecified atom stereocenters. The highest BCUT2D eigenvalue weighted by atomic mass is 16.5. The Bertz CT molecular complexity index is 555. The Morgan fingerprint density at radius 1 is 1.04 bits per heavy atom. The first-order valence-corrected chi connectivity index (χ1v) is 8.50. The van der Waals surface area contributed by atoms with Gasteiger partial charge < -0.3 is 19.3 Å². The van der Waals surface area contributed by atoms with E-state index in [-0.39, 0.29) is 6.10 Å². The molecule has 134 valence electrons. The minimum atomic E-state index is -0.177. The second-order valence-electron chi connectivity index (χ2n) is 6.81. The molecule has 6 heteroatoms. The average molecular weight is 336 g/mol. The van der Waals surface area contributed by atoms with E-state index in [2.05, 4.69) is 16.7 Å². The van der Waals surface area contributed by atoms with Crippen molar-refractivity contribution >= 4 is 0 Å². The van der Waals surface area contributed by atoms with Gasteiger partial charge in [-0.2, -0.15) is 0 Å². The van der Waals surface area contributed by atoms with E-state index in [1.807, 2.05) is 12.1 Å². The zero-order chi connectivity index (χ0) is 17.3. The lowest BCUT2D eigenvalue weighted by atomic mass is 10.1. The fourth-order valence-electron chi connectivity index (χ4n) is 3.96. The summed E-state index contributed by atoms with van der Waals surface area (Å²) in [5.41, 5.74) is 1.14. The largest absolute Gasteiger partial charge is 0.493 e. The summed E-state index contributed by atoms with van der Waals surface area (Å²) in [7, 11) is 4.90. The number of hydrogen-bond donors (Lipinski definition) is 1. The van der Waals surface area contributed by atoms with Gasteiger partial charge in [-0.3, -0.25) is 9.80 Å². The van der Waals surface area contributed by atoms with Crippen LogP contribution in [0.5, 0.6) is 17.2 Å². The second-order valence-corrected chi connectivity index (χ2v) is 6.81. The van der Waals surface area contributed by atoms with Crippen molar-refractivity contribution in [2.75, 3.05) is 41.0 Å². The van der Waals surface area contributed by atoms with E-state index in [0.717, 1.165) is 38.2 Å². The standard InChI is InChI=1S/C18H28N2O4/c1-12-8-20-11-15(21)7-14(20)10-19(12)9-13-5-16(22-2)18(24-4)17(6-13)23-3/h5-6,12,14-15,21H,7-11H2,1-4H3/t12-,14?,15-/m1/s1. The third-order valence-corrected chi connectivity index (χ3v) is 5.18. The Morgan fingerprint density at radius 3 is 2.29 bits per heavy atom. The van der Waals surface area contributed by atoms with E-state index >= 15 is 0 Å². The fraction of sp³-hybridized carbons (Fsp3) is 0.667. The molecule has 2 saturated heterocycles. The molecule has 0 aromatic heterocycles. The van der Waals surface area contributed by atoms with E-state index in [9.17, 15) is 5.11 Å². The van der Waals surface area contributed by atoms with Crippen molar-refractivity contribution in [3.63, 3.8) is 0 Å². The number of benzene rings is 1. The highest BCUT2D eigenvalue weighted by Crippen LogP contribution is 2.39. The number of aliphatic hydroxyl groups is 1. The molecule has 24 heavy (non-hydrogen) atoms. The molecule has 0 saturated carbocycles. The molecule has 0 bridgehead atoms. The number of nitrogens with zero attached hydrogens (tertiary/aromatic N) is 2. The van der Waals surface area contributed by atoms with Crippen LogP contribution in [0.3, 0.4) is 0 Å². The number of rotatable bonds is 5. The third-order valence-electron chi connectivity index (χ3n) is 5.18. The van der Waals surface area contributed by atoms with Crippen LogP contribution in [0.15, 0.2) is 12.1 Å². The van der Waals surface area contributed by atoms with Crippen molar-refractivity contribution in [3.8, 4) is 17.2 Å². The minimum Gasteiger partial charge on any atom is -0.493 e. The molecule has 3 atom stereocenters. The molecule has 6 nitrogen and oxygen atoms in total. The molecule has 1 aromatic rings. The highest BCUT2D eigenvalue weighted by Gasteiger charge is 2.38. The van der Waals surface area contributed by atoms with Gasteiger partial charge in [0.25, 0.3) is 0 Å². The molecule has 0 radical (unpaired) electrons. The molecule has 2 fully saturated rings. The molecule has 3 rings (SSSR count). The molecule has 0 spiro atoms. The van der Waals surface area contributed by atoms with Gasteiger partial charge in [-0.15, -0.1) is 0 Å². The molecule has 0 aliphatic carbocycles. The molecule has 2 aliphatic heterocycles. The Labute approximate surface area is 143 Å². The zero-order valence-corrected chi connectivity index (χ0v) is 15.0. The average Bonchev–Trinajstić information content (AvgIpc) is 2.93. The summed E-state index contributed by atoms with van der Waals surface area (Å²) in [5, 5.41) is 9.91. The lowest BCUT2D eigenvalue weighted by molar-refractivity contribution is 0.0527. The monoisotopic (exact) mass is 336 g/mol. The lowest BCUT2D eigenvalue weighted by Gasteiger charge is -2.42. The summed E-state index contributed by atoms with van der Waals surface area (Å²) < 4.78 is 16.3. The predicted molar refractivity (Wildman–Crippen MR) is 92.0 cm³/mol. The van der Waals surface area contributed by atoms with Crippen LogP contribution < -0.4 is 14.2 Å². The quantitative estimate of drug-likeness (QED) is 0.876. The normalized spacial score (nSPS) is 27.8. The Morgan fingerprint density at radius 2 is 1.71 bits per heavy atom. The summed E-state index contributed by atoms with van der Waals surface area (Å²) in [6.45, 7) is 5.88. The van der Waals surface area contributed by atoms with Crippen LogP contribution in [0.4, 0.5) is 0 Å². The third kappa shape index (κ3) is 3.31. The molecule has 0 amide bonds. The van der Waals surface area contributed by atoms with Gasteiger partial charge in [0.1, 0.15) is 0 Å². The molecule has 2 aliphatic rings. The molecular formula is C18H28N2O4. The maximum absolute atomic E-state index is 9.91. The first-order chi connectivity index (χ1) is 11.5. The first kappa shape index (κ1) is 17.3. The van der Waals surface area contributed by atoms with Crippen LogP contribution in [0.2, 0.25) is 0 Å². The van der Waals surface area contributed by atoms with E-state index in [0.29, 0.717) is 29.3 Å². The summed E-state index contributed by atoms with van der Waals surface area (Å²) in [5.74, 6) is 2.00. The molecule has 1 N–H and O–H groups in total. The maximum atomic E-state index is 9.91. The van der Waals surface area contributed by atoms with E-state index in [1.54, 1.807) is 21.3 Å². The second kappa shape index (κ2) is 7.17. The summed E-state index contributed by atoms with van der Waals surface area (Å²) >= 11 is 0. The van der Waals surface area contributed by atoms with Crippen molar-refractivity contribution in [1.29, 1.82) is 0 Å². The van der Waals surface area contributed by atoms with E-state index in [1.165, 1.54) is 0 Å². The smallest absolute Gasteiger partial charge is 0.203 e. The Hall–Kier alpha value is -1.50. The summed E-state index contributed by atoms with van der Waals surface area (Å²) in [4.78, 5) is 4.89. The van der Waals surface area contributed by atoms with Crippen LogP contribution >= 0.6 is 0 Å². The van der Waals surface area contributed by atoms with Crippen LogP contribution in [0.25, 0.3) is 0 Å². The SMILES string of the molecule is COc1cc(CN2CC3C[C@@H](O)CN3C[C@H]2C)cc(OC)c1OC. The lowest BCUT2D eigenvalue weighted by Crippen LogP contribution is -2.54. The number of hydrogen-bond acceptors (Lipinski definition) is 6. The van der Waals surface area contributed by atoms with E-state index < -0.39 is 0 Å². The van der Waals surface area contributed by atoms with Crippen LogP contribution in [-0.2, 0) is 6.54 Å². The van der Waals surface area contributed by atoms with Crippen molar-refractivity contribution in [2.24, 2.45) is 0 Å². The fourth-order valence-corrected chi connectivity index (χ4v) is 3.96. The zero-order valence-electron chi connectivity index (χ0n) is 15.0. The number of fused-ring (bicyclic) bond motifs is 1. The molecular weight excluding hydrogens is 308 g/mol. The van der Waals surface area contributed by atoms with Crippen LogP contribution in [-0.4, -0.2) is 74.1 Å². The molecule has 1 aromatic carbocycles. The van der Waals surface area contributed by atoms with Gasteiger partial charge in [-0.25, -0.2) is 0 Å². The van der Waals surface area contributed by atoms with Gasteiger partial charge in [0.15, 0.2) is 11.5 Å². The Balaban J connectivity index is 1.78. The van der Waals surface area contributed by atoms with Crippen LogP contribution in [0, 0.1) is 0 Å².